The van der Waals surface area contributed by atoms with Crippen LogP contribution < -0.4 is 0 Å². The standard InChI is InChI=1S/C9H14N2O3/c1-4-14-9(13)8(6(2)3)7(12)5-11-10/h5-6,8H,4H2,1-3H3. The Bertz CT molecular complexity index is 267. The molecule has 14 heavy (non-hydrogen) atoms. The number of hydrogen-bond donors (Lipinski definition) is 0. The van der Waals surface area contributed by atoms with E-state index in [2.05, 4.69) is 4.79 Å². The first-order valence-corrected chi connectivity index (χ1v) is 4.42. The molecule has 0 saturated heterocycles. The van der Waals surface area contributed by atoms with E-state index < -0.39 is 17.7 Å². The third kappa shape index (κ3) is 3.49. The predicted molar refractivity (Wildman–Crippen MR) is 49.7 cm³/mol. The van der Waals surface area contributed by atoms with Crippen LogP contribution in [0, 0.1) is 11.8 Å². The molecule has 0 amide bonds. The molecule has 0 aromatic heterocycles. The lowest BCUT2D eigenvalue weighted by Crippen LogP contribution is -2.31. The first-order chi connectivity index (χ1) is 6.54. The third-order valence-corrected chi connectivity index (χ3v) is 1.70. The number of nitrogens with zero attached hydrogens (tertiary/aromatic N) is 2. The highest BCUT2D eigenvalue weighted by molar-refractivity contribution is 6.30. The molecule has 0 rings (SSSR count). The zero-order chi connectivity index (χ0) is 11.1. The van der Waals surface area contributed by atoms with E-state index >= 15 is 0 Å². The average Bonchev–Trinajstić information content (AvgIpc) is 2.04. The van der Waals surface area contributed by atoms with Gasteiger partial charge < -0.3 is 10.3 Å². The Morgan fingerprint density at radius 2 is 2.07 bits per heavy atom. The summed E-state index contributed by atoms with van der Waals surface area (Å²) < 4.78 is 4.73. The van der Waals surface area contributed by atoms with Crippen LogP contribution in [0.15, 0.2) is 0 Å². The van der Waals surface area contributed by atoms with Gasteiger partial charge in [-0.2, -0.15) is 4.79 Å². The average molecular weight is 198 g/mol. The smallest absolute Gasteiger partial charge is 0.324 e. The van der Waals surface area contributed by atoms with Crippen LogP contribution in [-0.4, -0.2) is 29.4 Å². The van der Waals surface area contributed by atoms with Crippen LogP contribution in [0.4, 0.5) is 0 Å². The van der Waals surface area contributed by atoms with E-state index in [1.54, 1.807) is 20.8 Å². The molecule has 0 aliphatic carbocycles. The summed E-state index contributed by atoms with van der Waals surface area (Å²) in [4.78, 5) is 25.2. The van der Waals surface area contributed by atoms with Gasteiger partial charge in [0.2, 0.25) is 0 Å². The molecule has 78 valence electrons. The summed E-state index contributed by atoms with van der Waals surface area (Å²) >= 11 is 0. The topological polar surface area (TPSA) is 79.8 Å². The van der Waals surface area contributed by atoms with E-state index in [9.17, 15) is 9.59 Å². The molecule has 1 unspecified atom stereocenters. The van der Waals surface area contributed by atoms with Gasteiger partial charge in [-0.25, -0.2) is 0 Å². The van der Waals surface area contributed by atoms with Gasteiger partial charge in [0.05, 0.1) is 6.61 Å². The third-order valence-electron chi connectivity index (χ3n) is 1.70. The SMILES string of the molecule is CCOC(=O)C(C(=O)C=[N+]=[N-])C(C)C. The lowest BCUT2D eigenvalue weighted by atomic mass is 9.92. The summed E-state index contributed by atoms with van der Waals surface area (Å²) in [5.41, 5.74) is 8.18. The van der Waals surface area contributed by atoms with Crippen molar-refractivity contribution in [3.63, 3.8) is 0 Å². The van der Waals surface area contributed by atoms with Gasteiger partial charge in [-0.05, 0) is 12.8 Å². The number of ether oxygens (including phenoxy) is 1. The van der Waals surface area contributed by atoms with Crippen LogP contribution in [0.2, 0.25) is 0 Å². The minimum Gasteiger partial charge on any atom is -0.465 e. The summed E-state index contributed by atoms with van der Waals surface area (Å²) in [5.74, 6) is -2.18. The van der Waals surface area contributed by atoms with Crippen LogP contribution in [0.25, 0.3) is 5.53 Å². The molecule has 1 atom stereocenters. The van der Waals surface area contributed by atoms with E-state index in [1.165, 1.54) is 0 Å². The lowest BCUT2D eigenvalue weighted by Gasteiger charge is -2.13. The molecular weight excluding hydrogens is 184 g/mol. The second kappa shape index (κ2) is 6.05. The number of esters is 1. The first kappa shape index (κ1) is 12.5. The van der Waals surface area contributed by atoms with Gasteiger partial charge in [0, 0.05) is 0 Å². The summed E-state index contributed by atoms with van der Waals surface area (Å²) in [5, 5.41) is 0. The van der Waals surface area contributed by atoms with Crippen LogP contribution in [0.1, 0.15) is 20.8 Å². The Kier molecular flexibility index (Phi) is 5.41. The van der Waals surface area contributed by atoms with E-state index in [0.29, 0.717) is 0 Å². The lowest BCUT2D eigenvalue weighted by molar-refractivity contribution is -0.152. The number of Topliss-reactive ketones (excluding diaryl/α,β-unsaturated/α-hetero) is 1. The molecule has 5 nitrogen and oxygen atoms in total. The Hall–Kier alpha value is -1.48. The minimum atomic E-state index is -0.883. The van der Waals surface area contributed by atoms with Crippen LogP contribution in [0.5, 0.6) is 0 Å². The number of carbonyl (C=O) groups excluding carboxylic acids is 2. The van der Waals surface area contributed by atoms with Crippen molar-refractivity contribution >= 4 is 18.0 Å². The van der Waals surface area contributed by atoms with Gasteiger partial charge in [-0.15, -0.1) is 0 Å². The minimum absolute atomic E-state index is 0.181. The first-order valence-electron chi connectivity index (χ1n) is 4.42. The molecule has 0 aromatic rings. The van der Waals surface area contributed by atoms with Crippen molar-refractivity contribution < 1.29 is 19.1 Å². The Morgan fingerprint density at radius 3 is 2.43 bits per heavy atom. The molecule has 0 aromatic carbocycles. The quantitative estimate of drug-likeness (QED) is 0.214. The molecule has 0 aliphatic heterocycles. The predicted octanol–water partition coefficient (Wildman–Crippen LogP) is 0.691. The summed E-state index contributed by atoms with van der Waals surface area (Å²) in [6, 6.07) is 0. The Balaban J connectivity index is 4.67. The van der Waals surface area contributed by atoms with E-state index in [-0.39, 0.29) is 12.5 Å². The van der Waals surface area contributed by atoms with Crippen LogP contribution in [0.3, 0.4) is 0 Å². The maximum Gasteiger partial charge on any atom is 0.324 e. The molecule has 0 aliphatic rings. The van der Waals surface area contributed by atoms with Gasteiger partial charge in [0.15, 0.2) is 0 Å². The van der Waals surface area contributed by atoms with Gasteiger partial charge in [0.25, 0.3) is 5.78 Å². The van der Waals surface area contributed by atoms with Crippen molar-refractivity contribution in [3.05, 3.63) is 5.53 Å². The number of ketones is 1. The fourth-order valence-electron chi connectivity index (χ4n) is 1.09. The molecule has 0 bridgehead atoms. The second-order valence-corrected chi connectivity index (χ2v) is 3.12. The van der Waals surface area contributed by atoms with E-state index in [0.717, 1.165) is 6.21 Å². The van der Waals surface area contributed by atoms with Crippen LogP contribution >= 0.6 is 0 Å². The van der Waals surface area contributed by atoms with Crippen molar-refractivity contribution in [2.24, 2.45) is 11.8 Å². The molecule has 0 spiro atoms. The monoisotopic (exact) mass is 198 g/mol. The molecule has 0 saturated carbocycles. The second-order valence-electron chi connectivity index (χ2n) is 3.12. The van der Waals surface area contributed by atoms with Gasteiger partial charge in [-0.1, -0.05) is 13.8 Å². The van der Waals surface area contributed by atoms with Gasteiger partial charge >= 0.3 is 12.2 Å². The number of rotatable bonds is 5. The van der Waals surface area contributed by atoms with Gasteiger partial charge in [-0.3, -0.25) is 9.59 Å². The highest BCUT2D eigenvalue weighted by atomic mass is 16.5. The van der Waals surface area contributed by atoms with Crippen molar-refractivity contribution in [2.45, 2.75) is 20.8 Å². The zero-order valence-electron chi connectivity index (χ0n) is 8.56. The summed E-state index contributed by atoms with van der Waals surface area (Å²) in [6.07, 6.45) is 0.724. The molecule has 5 heteroatoms. The molecule has 0 N–H and O–H groups in total. The number of carbonyl (C=O) groups is 2. The summed E-state index contributed by atoms with van der Waals surface area (Å²) in [7, 11) is 0. The molecule has 0 fully saturated rings. The number of hydrogen-bond acceptors (Lipinski definition) is 3. The fraction of sp³-hybridized carbons (Fsp3) is 0.667. The molecule has 0 heterocycles. The van der Waals surface area contributed by atoms with Crippen molar-refractivity contribution in [3.8, 4) is 0 Å². The Morgan fingerprint density at radius 1 is 1.50 bits per heavy atom. The summed E-state index contributed by atoms with van der Waals surface area (Å²) in [6.45, 7) is 5.35. The largest absolute Gasteiger partial charge is 0.465 e. The van der Waals surface area contributed by atoms with E-state index in [1.807, 2.05) is 0 Å². The highest BCUT2D eigenvalue weighted by Crippen LogP contribution is 2.13. The van der Waals surface area contributed by atoms with Crippen LogP contribution in [-0.2, 0) is 14.3 Å². The van der Waals surface area contributed by atoms with E-state index in [4.69, 9.17) is 10.3 Å². The molecule has 0 radical (unpaired) electrons. The fourth-order valence-corrected chi connectivity index (χ4v) is 1.09. The van der Waals surface area contributed by atoms with Crippen molar-refractivity contribution in [1.82, 2.24) is 0 Å². The normalized spacial score (nSPS) is 11.7. The zero-order valence-corrected chi connectivity index (χ0v) is 8.56. The van der Waals surface area contributed by atoms with Crippen molar-refractivity contribution in [1.29, 1.82) is 0 Å². The van der Waals surface area contributed by atoms with Gasteiger partial charge in [0.1, 0.15) is 5.92 Å². The molecular formula is C9H14N2O3. The highest BCUT2D eigenvalue weighted by Gasteiger charge is 2.32. The maximum absolute atomic E-state index is 11.3. The maximum atomic E-state index is 11.3. The Labute approximate surface area is 82.7 Å². The van der Waals surface area contributed by atoms with Crippen molar-refractivity contribution in [2.75, 3.05) is 6.61 Å².